The number of benzene rings is 8. The number of anilines is 4. The largest absolute Gasteiger partial charge is 0.497 e. The Bertz CT molecular complexity index is 8250. The van der Waals surface area contributed by atoms with E-state index in [1.165, 1.54) is 25.3 Å². The molecule has 35 nitrogen and oxygen atoms in total. The van der Waals surface area contributed by atoms with E-state index in [-0.39, 0.29) is 59.7 Å². The van der Waals surface area contributed by atoms with Crippen LogP contribution in [0.2, 0.25) is 25.2 Å². The Labute approximate surface area is 859 Å². The van der Waals surface area contributed by atoms with Crippen LogP contribution >= 0.6 is 58.0 Å². The first kappa shape index (κ1) is 104. The zero-order valence-corrected chi connectivity index (χ0v) is 80.7. The van der Waals surface area contributed by atoms with Gasteiger partial charge < -0.3 is 73.9 Å². The number of halogens is 5. The van der Waals surface area contributed by atoms with Gasteiger partial charge in [-0.2, -0.15) is 10.2 Å². The van der Waals surface area contributed by atoms with Crippen LogP contribution in [0.4, 0.5) is 23.3 Å². The minimum atomic E-state index is -0.288. The number of amidine groups is 1. The predicted octanol–water partition coefficient (Wildman–Crippen LogP) is 23.6. The number of nitrogens with zero attached hydrogens (tertiary/aromatic N) is 24. The third-order valence-corrected chi connectivity index (χ3v) is 24.8. The molecule has 0 spiro atoms. The molecule has 0 aliphatic carbocycles. The number of hydrogen-bond acceptors (Lipinski definition) is 30. The van der Waals surface area contributed by atoms with Crippen molar-refractivity contribution in [2.24, 2.45) is 10.9 Å². The van der Waals surface area contributed by atoms with Gasteiger partial charge in [-0.05, 0) is 169 Å². The van der Waals surface area contributed by atoms with Crippen LogP contribution in [0.3, 0.4) is 0 Å². The Kier molecular flexibility index (Phi) is 33.3. The number of aryl methyl sites for hydroxylation is 1. The second-order valence-corrected chi connectivity index (χ2v) is 34.5. The highest BCUT2D eigenvalue weighted by molar-refractivity contribution is 6.42. The van der Waals surface area contributed by atoms with Crippen molar-refractivity contribution in [3.63, 3.8) is 0 Å². The lowest BCUT2D eigenvalue weighted by Crippen LogP contribution is -2.18. The molecule has 0 amide bonds. The molecule has 40 heteroatoms. The van der Waals surface area contributed by atoms with Crippen LogP contribution in [0.25, 0.3) is 99.3 Å². The minimum absolute atomic E-state index is 0. The second kappa shape index (κ2) is 46.4. The lowest BCUT2D eigenvalue weighted by molar-refractivity contribution is 0.318. The molecule has 738 valence electrons. The normalized spacial score (nSPS) is 11.9. The van der Waals surface area contributed by atoms with Gasteiger partial charge in [0.25, 0.3) is 0 Å². The Hall–Kier alpha value is -16.7. The van der Waals surface area contributed by atoms with Crippen molar-refractivity contribution in [1.29, 1.82) is 5.26 Å². The highest BCUT2D eigenvalue weighted by Crippen LogP contribution is 2.39. The number of nitrogens with one attached hydrogen (secondary N) is 4. The summed E-state index contributed by atoms with van der Waals surface area (Å²) in [5.74, 6) is 6.37. The van der Waals surface area contributed by atoms with Crippen molar-refractivity contribution in [1.82, 2.24) is 108 Å². The van der Waals surface area contributed by atoms with Gasteiger partial charge >= 0.3 is 0 Å². The first-order valence-corrected chi connectivity index (χ1v) is 45.9. The summed E-state index contributed by atoms with van der Waals surface area (Å²) in [6.07, 6.45) is 13.1. The number of pyridine rings is 4. The van der Waals surface area contributed by atoms with Gasteiger partial charge in [-0.15, -0.1) is 0 Å². The second-order valence-electron chi connectivity index (χ2n) is 32.5. The fourth-order valence-electron chi connectivity index (χ4n) is 16.1. The predicted molar refractivity (Wildman–Crippen MR) is 572 cm³/mol. The third kappa shape index (κ3) is 22.8. The molecule has 13 aromatic heterocycles. The number of methoxy groups -OCH3 is 4. The average molecular weight is 2040 g/mol. The molecule has 0 unspecified atom stereocenters. The van der Waals surface area contributed by atoms with E-state index < -0.39 is 0 Å². The number of fused-ring (bicyclic) bond motifs is 8. The van der Waals surface area contributed by atoms with E-state index in [9.17, 15) is 10.5 Å². The summed E-state index contributed by atoms with van der Waals surface area (Å²) in [4.78, 5) is 76.8. The van der Waals surface area contributed by atoms with E-state index in [1.54, 1.807) is 78.9 Å². The highest BCUT2D eigenvalue weighted by atomic mass is 35.5. The van der Waals surface area contributed by atoms with Crippen LogP contribution in [0.15, 0.2) is 254 Å². The molecule has 8 aromatic carbocycles. The molecule has 0 saturated carbocycles. The molecule has 0 aliphatic heterocycles. The summed E-state index contributed by atoms with van der Waals surface area (Å²) in [6.45, 7) is 12.1. The van der Waals surface area contributed by atoms with Crippen molar-refractivity contribution in [3.8, 4) is 40.6 Å². The van der Waals surface area contributed by atoms with E-state index in [4.69, 9.17) is 92.2 Å². The molecule has 13 heterocycles. The van der Waals surface area contributed by atoms with Crippen LogP contribution in [-0.2, 0) is 26.2 Å². The Morgan fingerprint density at radius 3 is 1.03 bits per heavy atom. The van der Waals surface area contributed by atoms with Crippen LogP contribution in [0.1, 0.15) is 144 Å². The first-order chi connectivity index (χ1) is 68.6. The van der Waals surface area contributed by atoms with Gasteiger partial charge in [0.1, 0.15) is 98.7 Å². The number of aromatic nitrogens is 22. The number of imidazole rings is 4. The Balaban J connectivity index is 0.000000152. The molecule has 0 saturated heterocycles. The molecule has 7 N–H and O–H groups in total. The van der Waals surface area contributed by atoms with Crippen molar-refractivity contribution < 1.29 is 28.7 Å². The number of ether oxygens (including phenoxy) is 4. The van der Waals surface area contributed by atoms with E-state index in [0.29, 0.717) is 153 Å². The summed E-state index contributed by atoms with van der Waals surface area (Å²) >= 11 is 32.0. The van der Waals surface area contributed by atoms with Gasteiger partial charge in [0.2, 0.25) is 11.7 Å². The molecule has 0 aliphatic rings. The molecule has 0 radical (unpaired) electrons. The number of hydrogen-bond donors (Lipinski definition) is 6. The van der Waals surface area contributed by atoms with Crippen LogP contribution in [-0.4, -0.2) is 148 Å². The number of oxime groups is 1. The maximum Gasteiger partial charge on any atom is 0.223 e. The molecule has 145 heavy (non-hydrogen) atoms. The molecule has 0 bridgehead atoms. The lowest BCUT2D eigenvalue weighted by atomic mass is 10.1. The number of rotatable bonds is 26. The average Bonchev–Trinajstić information content (AvgIpc) is 1.74. The Morgan fingerprint density at radius 2 is 0.697 bits per heavy atom. The summed E-state index contributed by atoms with van der Waals surface area (Å²) in [5.41, 5.74) is 20.0. The summed E-state index contributed by atoms with van der Waals surface area (Å²) in [7, 11) is 6.60. The minimum Gasteiger partial charge on any atom is -0.497 e. The van der Waals surface area contributed by atoms with Crippen LogP contribution in [0, 0.1) is 18.3 Å². The summed E-state index contributed by atoms with van der Waals surface area (Å²) in [6, 6.07) is 63.0. The quantitative estimate of drug-likeness (QED) is 0.00964. The van der Waals surface area contributed by atoms with E-state index >= 15 is 0 Å². The highest BCUT2D eigenvalue weighted by Gasteiger charge is 2.26. The van der Waals surface area contributed by atoms with E-state index in [0.717, 1.165) is 106 Å². The topological polar surface area (TPSA) is 432 Å². The summed E-state index contributed by atoms with van der Waals surface area (Å²) in [5, 5.41) is 48.6. The molecule has 4 atom stereocenters. The monoisotopic (exact) mass is 2040 g/mol. The van der Waals surface area contributed by atoms with Crippen LogP contribution < -0.4 is 45.9 Å². The molecular formula is C105H102Cl5N29O6. The molecule has 0 fully saturated rings. The third-order valence-electron chi connectivity index (χ3n) is 23.3. The molecule has 21 aromatic rings. The SMILES string of the molecule is C.C.C.C.COc1ccc(Cn2cnc3c(N[C@@H](C)c4cc5cccc(Cl)c5c(-c5noc(C)n5)n4)ncnc32)cc1.COc1ccc(Cn2cnc3c(N[C@@H](C)c4cc5cccc(Cl)c5c(/C(N)=N/O)n4)ncnc32)cc1.COc1ccc(Cn2cnc3c(N[C@@H](C)c4cc5cccc(Cl)c5c(C#N)n4)ncnc32)cc1.COc1ccc(Cn2cnc3c(N[C@@H](C)c4cc5cccc(Cl)c5c(Cl)n4)ncnc32)cc1. The van der Waals surface area contributed by atoms with Crippen molar-refractivity contribution in [3.05, 3.63) is 332 Å². The Morgan fingerprint density at radius 1 is 0.393 bits per heavy atom. The van der Waals surface area contributed by atoms with Crippen molar-refractivity contribution in [2.45, 2.75) is 115 Å². The fourth-order valence-corrected chi connectivity index (χ4v) is 17.5. The lowest BCUT2D eigenvalue weighted by Gasteiger charge is -2.17. The van der Waals surface area contributed by atoms with Gasteiger partial charge in [0.15, 0.2) is 51.7 Å². The van der Waals surface area contributed by atoms with E-state index in [2.05, 4.69) is 117 Å². The van der Waals surface area contributed by atoms with Gasteiger partial charge in [-0.1, -0.05) is 195 Å². The van der Waals surface area contributed by atoms with Gasteiger partial charge in [-0.25, -0.2) is 79.7 Å². The number of nitriles is 1. The zero-order chi connectivity index (χ0) is 98.1. The fraction of sp³-hybridized carbons (Fsp3) is 0.200. The first-order valence-electron chi connectivity index (χ1n) is 44.0. The molecule has 21 rings (SSSR count). The zero-order valence-electron chi connectivity index (χ0n) is 76.9. The maximum atomic E-state index is 9.62. The van der Waals surface area contributed by atoms with Gasteiger partial charge in [0.05, 0.1) is 147 Å². The van der Waals surface area contributed by atoms with Gasteiger partial charge in [0, 0.05) is 28.5 Å². The smallest absolute Gasteiger partial charge is 0.223 e. The van der Waals surface area contributed by atoms with E-state index in [1.807, 2.05) is 222 Å². The van der Waals surface area contributed by atoms with Crippen molar-refractivity contribution in [2.75, 3.05) is 49.7 Å². The number of nitrogens with two attached hydrogens (primary N) is 1. The standard InChI is InChI=1S/C27H23ClN8O2.C25H23ClN8O2.C25H20ClN7O.C24H20Cl2N6O.4CH4/c1-15(21-11-18-5-4-6-20(28)22(18)23(34-21)26-33-16(2)38-35-26)32-25-24-27(30-13-29-25)36(14-31-24)12-17-7-9-19(37-3)10-8-17;1-14(19-10-16-4-3-5-18(26)20(16)21(32-19)23(27)33-35)31-24-22-25(29-12-28-24)34(13-30-22)11-15-6-8-17(36-2)9-7-15;1-15(20-10-17-4-3-5-19(26)22(17)21(11-27)32-20)31-24-23-25(29-13-28-24)33(14-30-23)12-16-6-8-18(34-2)9-7-16;1-14(19-10-16-4-3-5-18(25)20(16)22(26)31-19)30-23-21-24(28-12-27-23)32(13-29-21)11-15-6-8-17(33-2)9-7-15;;;;/h4-11,13-15H,12H2,1-3H3,(H,29,30,32);3-10,12-14,35H,11H2,1-2H3,(H2,27,33)(H,28,29,31);3-10,13-15H,12H2,1-2H3,(H,28,29,31);3-10,12-14H,11H2,1-2H3,(H,27,28,30);4*1H4/t15-;14-;15-;14-;;;;/m0000..../s1. The van der Waals surface area contributed by atoms with Crippen LogP contribution in [0.5, 0.6) is 23.0 Å². The van der Waals surface area contributed by atoms with Crippen molar-refractivity contribution >= 4 is 175 Å². The van der Waals surface area contributed by atoms with Gasteiger partial charge in [-0.3, -0.25) is 0 Å². The summed E-state index contributed by atoms with van der Waals surface area (Å²) < 4.78 is 34.1. The molecular weight excluding hydrogens is 1940 g/mol. The maximum absolute atomic E-state index is 9.62.